The minimum atomic E-state index is 0.799. The van der Waals surface area contributed by atoms with Crippen molar-refractivity contribution < 1.29 is 9.47 Å². The molecule has 1 aromatic carbocycles. The highest BCUT2D eigenvalue weighted by atomic mass is 32.1. The van der Waals surface area contributed by atoms with Gasteiger partial charge in [-0.25, -0.2) is 0 Å². The van der Waals surface area contributed by atoms with Crippen LogP contribution < -0.4 is 14.8 Å². The molecule has 1 heterocycles. The monoisotopic (exact) mass is 263 g/mol. The summed E-state index contributed by atoms with van der Waals surface area (Å²) < 4.78 is 10.5. The zero-order valence-electron chi connectivity index (χ0n) is 10.6. The second kappa shape index (κ2) is 6.31. The maximum absolute atomic E-state index is 5.23. The van der Waals surface area contributed by atoms with Crippen LogP contribution >= 0.6 is 11.3 Å². The van der Waals surface area contributed by atoms with Crippen molar-refractivity contribution in [2.75, 3.05) is 26.1 Å². The topological polar surface area (TPSA) is 30.5 Å². The zero-order valence-corrected chi connectivity index (χ0v) is 11.4. The van der Waals surface area contributed by atoms with Gasteiger partial charge in [0.25, 0.3) is 0 Å². The predicted molar refractivity (Wildman–Crippen MR) is 76.1 cm³/mol. The molecule has 0 saturated carbocycles. The number of ether oxygens (including phenoxy) is 2. The van der Waals surface area contributed by atoms with Gasteiger partial charge >= 0.3 is 0 Å². The van der Waals surface area contributed by atoms with Crippen molar-refractivity contribution in [1.82, 2.24) is 0 Å². The summed E-state index contributed by atoms with van der Waals surface area (Å²) in [5, 5.41) is 5.48. The molecule has 0 bridgehead atoms. The first-order valence-electron chi connectivity index (χ1n) is 5.81. The lowest BCUT2D eigenvalue weighted by molar-refractivity contribution is 0.394. The Hall–Kier alpha value is -1.68. The van der Waals surface area contributed by atoms with Gasteiger partial charge in [-0.2, -0.15) is 0 Å². The summed E-state index contributed by atoms with van der Waals surface area (Å²) in [7, 11) is 3.31. The minimum Gasteiger partial charge on any atom is -0.497 e. The summed E-state index contributed by atoms with van der Waals surface area (Å²) in [5.41, 5.74) is 1.02. The SMILES string of the molecule is COc1cc(NCCc2cccs2)cc(OC)c1. The van der Waals surface area contributed by atoms with E-state index >= 15 is 0 Å². The molecule has 3 nitrogen and oxygen atoms in total. The molecule has 0 aliphatic carbocycles. The molecule has 0 saturated heterocycles. The Morgan fingerprint density at radius 2 is 1.83 bits per heavy atom. The van der Waals surface area contributed by atoms with Gasteiger partial charge in [-0.15, -0.1) is 11.3 Å². The fourth-order valence-electron chi connectivity index (χ4n) is 1.69. The first-order chi connectivity index (χ1) is 8.81. The van der Waals surface area contributed by atoms with Gasteiger partial charge in [0, 0.05) is 35.3 Å². The van der Waals surface area contributed by atoms with Crippen LogP contribution in [0.4, 0.5) is 5.69 Å². The van der Waals surface area contributed by atoms with E-state index in [1.165, 1.54) is 4.88 Å². The number of nitrogens with one attached hydrogen (secondary N) is 1. The molecular weight excluding hydrogens is 246 g/mol. The highest BCUT2D eigenvalue weighted by Crippen LogP contribution is 2.25. The third kappa shape index (κ3) is 3.40. The van der Waals surface area contributed by atoms with Crippen LogP contribution in [0, 0.1) is 0 Å². The number of hydrogen-bond donors (Lipinski definition) is 1. The van der Waals surface area contributed by atoms with Crippen molar-refractivity contribution in [3.05, 3.63) is 40.6 Å². The molecule has 0 fully saturated rings. The van der Waals surface area contributed by atoms with Crippen LogP contribution in [0.25, 0.3) is 0 Å². The Bertz CT molecular complexity index is 460. The Kier molecular flexibility index (Phi) is 4.47. The lowest BCUT2D eigenvalue weighted by Gasteiger charge is -2.10. The Balaban J connectivity index is 1.95. The van der Waals surface area contributed by atoms with Gasteiger partial charge in [-0.05, 0) is 17.9 Å². The second-order valence-electron chi connectivity index (χ2n) is 3.86. The van der Waals surface area contributed by atoms with Crippen LogP contribution in [0.1, 0.15) is 4.88 Å². The van der Waals surface area contributed by atoms with Crippen molar-refractivity contribution in [1.29, 1.82) is 0 Å². The maximum atomic E-state index is 5.23. The van der Waals surface area contributed by atoms with Gasteiger partial charge < -0.3 is 14.8 Å². The molecule has 2 aromatic rings. The van der Waals surface area contributed by atoms with E-state index < -0.39 is 0 Å². The average Bonchev–Trinajstić information content (AvgIpc) is 2.91. The van der Waals surface area contributed by atoms with Gasteiger partial charge in [0.15, 0.2) is 0 Å². The standard InChI is InChI=1S/C14H17NO2S/c1-16-12-8-11(9-13(10-12)17-2)15-6-5-14-4-3-7-18-14/h3-4,7-10,15H,5-6H2,1-2H3. The summed E-state index contributed by atoms with van der Waals surface area (Å²) in [4.78, 5) is 1.39. The van der Waals surface area contributed by atoms with Crippen LogP contribution in [-0.2, 0) is 6.42 Å². The third-order valence-electron chi connectivity index (χ3n) is 2.63. The normalized spacial score (nSPS) is 10.1. The summed E-state index contributed by atoms with van der Waals surface area (Å²) >= 11 is 1.78. The molecule has 0 radical (unpaired) electrons. The van der Waals surface area contributed by atoms with E-state index in [0.29, 0.717) is 0 Å². The van der Waals surface area contributed by atoms with Gasteiger partial charge in [0.1, 0.15) is 11.5 Å². The Morgan fingerprint density at radius 1 is 1.11 bits per heavy atom. The molecule has 0 aliphatic rings. The number of hydrogen-bond acceptors (Lipinski definition) is 4. The third-order valence-corrected chi connectivity index (χ3v) is 3.57. The molecular formula is C14H17NO2S. The van der Waals surface area contributed by atoms with E-state index in [9.17, 15) is 0 Å². The lowest BCUT2D eigenvalue weighted by atomic mass is 10.2. The largest absolute Gasteiger partial charge is 0.497 e. The van der Waals surface area contributed by atoms with E-state index in [1.807, 2.05) is 18.2 Å². The first kappa shape index (κ1) is 12.8. The van der Waals surface area contributed by atoms with Crippen molar-refractivity contribution in [2.45, 2.75) is 6.42 Å². The molecule has 0 amide bonds. The van der Waals surface area contributed by atoms with Crippen LogP contribution in [0.3, 0.4) is 0 Å². The summed E-state index contributed by atoms with van der Waals surface area (Å²) in [6, 6.07) is 10.0. The molecule has 0 unspecified atom stereocenters. The van der Waals surface area contributed by atoms with Crippen molar-refractivity contribution in [2.24, 2.45) is 0 Å². The van der Waals surface area contributed by atoms with Crippen LogP contribution in [0.15, 0.2) is 35.7 Å². The number of thiophene rings is 1. The summed E-state index contributed by atoms with van der Waals surface area (Å²) in [5.74, 6) is 1.60. The van der Waals surface area contributed by atoms with Gasteiger partial charge in [-0.1, -0.05) is 6.07 Å². The molecule has 0 spiro atoms. The van der Waals surface area contributed by atoms with Crippen LogP contribution in [-0.4, -0.2) is 20.8 Å². The molecule has 2 rings (SSSR count). The van der Waals surface area contributed by atoms with Gasteiger partial charge in [-0.3, -0.25) is 0 Å². The van der Waals surface area contributed by atoms with Crippen molar-refractivity contribution in [3.8, 4) is 11.5 Å². The first-order valence-corrected chi connectivity index (χ1v) is 6.69. The smallest absolute Gasteiger partial charge is 0.124 e. The fraction of sp³-hybridized carbons (Fsp3) is 0.286. The summed E-state index contributed by atoms with van der Waals surface area (Å²) in [6.07, 6.45) is 1.02. The lowest BCUT2D eigenvalue weighted by Crippen LogP contribution is -2.04. The van der Waals surface area contributed by atoms with E-state index in [1.54, 1.807) is 25.6 Å². The zero-order chi connectivity index (χ0) is 12.8. The Morgan fingerprint density at radius 3 is 2.39 bits per heavy atom. The highest BCUT2D eigenvalue weighted by Gasteiger charge is 2.01. The van der Waals surface area contributed by atoms with Crippen molar-refractivity contribution >= 4 is 17.0 Å². The second-order valence-corrected chi connectivity index (χ2v) is 4.89. The molecule has 18 heavy (non-hydrogen) atoms. The number of anilines is 1. The Labute approximate surface area is 111 Å². The van der Waals surface area contributed by atoms with E-state index in [2.05, 4.69) is 22.8 Å². The average molecular weight is 263 g/mol. The maximum Gasteiger partial charge on any atom is 0.124 e. The highest BCUT2D eigenvalue weighted by molar-refractivity contribution is 7.09. The molecule has 1 aromatic heterocycles. The molecule has 4 heteroatoms. The predicted octanol–water partition coefficient (Wildman–Crippen LogP) is 3.42. The van der Waals surface area contributed by atoms with Crippen LogP contribution in [0.5, 0.6) is 11.5 Å². The van der Waals surface area contributed by atoms with Crippen LogP contribution in [0.2, 0.25) is 0 Å². The number of rotatable bonds is 6. The fourth-order valence-corrected chi connectivity index (χ4v) is 2.40. The van der Waals surface area contributed by atoms with Gasteiger partial charge in [0.05, 0.1) is 14.2 Å². The molecule has 0 aliphatic heterocycles. The van der Waals surface area contributed by atoms with E-state index in [0.717, 1.165) is 30.2 Å². The molecule has 96 valence electrons. The van der Waals surface area contributed by atoms with E-state index in [4.69, 9.17) is 9.47 Å². The number of methoxy groups -OCH3 is 2. The molecule has 1 N–H and O–H groups in total. The summed E-state index contributed by atoms with van der Waals surface area (Å²) in [6.45, 7) is 0.900. The number of benzene rings is 1. The molecule has 0 atom stereocenters. The quantitative estimate of drug-likeness (QED) is 0.866. The van der Waals surface area contributed by atoms with Gasteiger partial charge in [0.2, 0.25) is 0 Å². The minimum absolute atomic E-state index is 0.799. The van der Waals surface area contributed by atoms with E-state index in [-0.39, 0.29) is 0 Å². The van der Waals surface area contributed by atoms with Crippen molar-refractivity contribution in [3.63, 3.8) is 0 Å².